The van der Waals surface area contributed by atoms with E-state index in [1.807, 2.05) is 0 Å². The number of anilines is 1. The van der Waals surface area contributed by atoms with Gasteiger partial charge in [0.1, 0.15) is 0 Å². The van der Waals surface area contributed by atoms with Crippen LogP contribution in [0.1, 0.15) is 32.6 Å². The van der Waals surface area contributed by atoms with E-state index in [9.17, 15) is 0 Å². The summed E-state index contributed by atoms with van der Waals surface area (Å²) in [7, 11) is 0. The van der Waals surface area contributed by atoms with Gasteiger partial charge < -0.3 is 20.4 Å². The monoisotopic (exact) mass is 485 g/mol. The molecule has 0 aliphatic carbocycles. The van der Waals surface area contributed by atoms with Crippen LogP contribution in [-0.2, 0) is 0 Å². The summed E-state index contributed by atoms with van der Waals surface area (Å²) >= 11 is 0. The highest BCUT2D eigenvalue weighted by molar-refractivity contribution is 14.0. The zero-order valence-electron chi connectivity index (χ0n) is 16.7. The van der Waals surface area contributed by atoms with Crippen LogP contribution in [0.4, 0.5) is 5.69 Å². The van der Waals surface area contributed by atoms with Gasteiger partial charge in [-0.1, -0.05) is 24.6 Å². The van der Waals surface area contributed by atoms with Crippen molar-refractivity contribution in [2.45, 2.75) is 32.6 Å². The van der Waals surface area contributed by atoms with Crippen LogP contribution in [0.2, 0.25) is 0 Å². The molecule has 152 valence electrons. The van der Waals surface area contributed by atoms with Gasteiger partial charge in [-0.15, -0.1) is 24.0 Å². The number of likely N-dealkylation sites (tertiary alicyclic amines) is 1. The summed E-state index contributed by atoms with van der Waals surface area (Å²) in [5, 5.41) is 6.91. The first-order valence-electron chi connectivity index (χ1n) is 10.4. The zero-order valence-corrected chi connectivity index (χ0v) is 19.0. The van der Waals surface area contributed by atoms with Crippen molar-refractivity contribution < 1.29 is 0 Å². The normalized spacial score (nSPS) is 21.0. The van der Waals surface area contributed by atoms with Crippen LogP contribution in [0.25, 0.3) is 0 Å². The van der Waals surface area contributed by atoms with Crippen molar-refractivity contribution in [2.24, 2.45) is 10.9 Å². The molecule has 6 heteroatoms. The molecule has 1 unspecified atom stereocenters. The smallest absolute Gasteiger partial charge is 0.191 e. The van der Waals surface area contributed by atoms with Crippen LogP contribution in [0, 0.1) is 5.92 Å². The molecule has 3 rings (SSSR count). The summed E-state index contributed by atoms with van der Waals surface area (Å²) in [5.41, 5.74) is 1.34. The highest BCUT2D eigenvalue weighted by Crippen LogP contribution is 2.23. The number of halogens is 1. The third-order valence-corrected chi connectivity index (χ3v) is 5.43. The van der Waals surface area contributed by atoms with Gasteiger partial charge in [0.2, 0.25) is 0 Å². The van der Waals surface area contributed by atoms with Crippen molar-refractivity contribution in [2.75, 3.05) is 57.3 Å². The number of nitrogens with zero attached hydrogens (tertiary/aromatic N) is 3. The lowest BCUT2D eigenvalue weighted by Crippen LogP contribution is -2.43. The zero-order chi connectivity index (χ0) is 18.0. The van der Waals surface area contributed by atoms with Gasteiger partial charge in [0, 0.05) is 45.0 Å². The highest BCUT2D eigenvalue weighted by Gasteiger charge is 2.22. The summed E-state index contributed by atoms with van der Waals surface area (Å²) < 4.78 is 0. The van der Waals surface area contributed by atoms with E-state index in [-0.39, 0.29) is 24.0 Å². The maximum Gasteiger partial charge on any atom is 0.191 e. The van der Waals surface area contributed by atoms with E-state index in [1.165, 1.54) is 44.5 Å². The van der Waals surface area contributed by atoms with E-state index in [0.29, 0.717) is 5.92 Å². The predicted octanol–water partition coefficient (Wildman–Crippen LogP) is 3.17. The SMILES string of the molecule is CCNC(=NCC1CCN(c2ccccc2)C1)NCCN1CCCCC1.I. The van der Waals surface area contributed by atoms with Gasteiger partial charge in [-0.2, -0.15) is 0 Å². The van der Waals surface area contributed by atoms with Gasteiger partial charge in [0.05, 0.1) is 0 Å². The van der Waals surface area contributed by atoms with Crippen molar-refractivity contribution in [3.63, 3.8) is 0 Å². The van der Waals surface area contributed by atoms with E-state index in [1.54, 1.807) is 0 Å². The number of guanidine groups is 1. The molecule has 0 aromatic heterocycles. The van der Waals surface area contributed by atoms with Gasteiger partial charge in [0.15, 0.2) is 5.96 Å². The van der Waals surface area contributed by atoms with Crippen molar-refractivity contribution in [1.29, 1.82) is 0 Å². The molecule has 2 N–H and O–H groups in total. The fourth-order valence-corrected chi connectivity index (χ4v) is 3.93. The number of hydrogen-bond acceptors (Lipinski definition) is 3. The lowest BCUT2D eigenvalue weighted by Gasteiger charge is -2.26. The summed E-state index contributed by atoms with van der Waals surface area (Å²) in [4.78, 5) is 9.90. The number of piperidine rings is 1. The summed E-state index contributed by atoms with van der Waals surface area (Å²) in [6.45, 7) is 10.8. The average Bonchev–Trinajstić information content (AvgIpc) is 3.17. The second kappa shape index (κ2) is 12.4. The maximum atomic E-state index is 4.86. The topological polar surface area (TPSA) is 42.9 Å². The Balaban J connectivity index is 0.00000261. The molecule has 2 heterocycles. The van der Waals surface area contributed by atoms with Crippen molar-refractivity contribution in [1.82, 2.24) is 15.5 Å². The van der Waals surface area contributed by atoms with Gasteiger partial charge in [-0.3, -0.25) is 4.99 Å². The van der Waals surface area contributed by atoms with Crippen LogP contribution in [0.3, 0.4) is 0 Å². The standard InChI is InChI=1S/C21H35N5.HI/c1-2-22-21(23-12-16-25-13-7-4-8-14-25)24-17-19-11-15-26(18-19)20-9-5-3-6-10-20;/h3,5-6,9-10,19H,2,4,7-8,11-18H2,1H3,(H2,22,23,24);1H. The number of nitrogens with one attached hydrogen (secondary N) is 2. The summed E-state index contributed by atoms with van der Waals surface area (Å²) in [6.07, 6.45) is 5.34. The Bertz CT molecular complexity index is 545. The Labute approximate surface area is 182 Å². The van der Waals surface area contributed by atoms with E-state index < -0.39 is 0 Å². The molecule has 2 fully saturated rings. The molecule has 1 aromatic carbocycles. The fraction of sp³-hybridized carbons (Fsp3) is 0.667. The Morgan fingerprint density at radius 1 is 1.07 bits per heavy atom. The largest absolute Gasteiger partial charge is 0.371 e. The molecule has 1 atom stereocenters. The molecular weight excluding hydrogens is 449 g/mol. The molecule has 2 saturated heterocycles. The highest BCUT2D eigenvalue weighted by atomic mass is 127. The molecule has 0 amide bonds. The fourth-order valence-electron chi connectivity index (χ4n) is 3.93. The minimum atomic E-state index is 0. The van der Waals surface area contributed by atoms with Gasteiger partial charge in [0.25, 0.3) is 0 Å². The van der Waals surface area contributed by atoms with Crippen LogP contribution in [0.15, 0.2) is 35.3 Å². The number of para-hydroxylation sites is 1. The minimum Gasteiger partial charge on any atom is -0.371 e. The average molecular weight is 485 g/mol. The second-order valence-electron chi connectivity index (χ2n) is 7.48. The lowest BCUT2D eigenvalue weighted by atomic mass is 10.1. The third kappa shape index (κ3) is 7.49. The van der Waals surface area contributed by atoms with Crippen LogP contribution in [0.5, 0.6) is 0 Å². The van der Waals surface area contributed by atoms with Crippen LogP contribution in [-0.4, -0.2) is 63.2 Å². The van der Waals surface area contributed by atoms with Crippen LogP contribution >= 0.6 is 24.0 Å². The van der Waals surface area contributed by atoms with Gasteiger partial charge in [-0.25, -0.2) is 0 Å². The Morgan fingerprint density at radius 3 is 2.59 bits per heavy atom. The van der Waals surface area contributed by atoms with Gasteiger partial charge in [-0.05, 0) is 57.3 Å². The first-order chi connectivity index (χ1) is 12.8. The Morgan fingerprint density at radius 2 is 1.85 bits per heavy atom. The van der Waals surface area contributed by atoms with E-state index in [2.05, 4.69) is 57.7 Å². The molecule has 0 spiro atoms. The number of hydrogen-bond donors (Lipinski definition) is 2. The van der Waals surface area contributed by atoms with E-state index >= 15 is 0 Å². The number of benzene rings is 1. The molecule has 0 radical (unpaired) electrons. The Hall–Kier alpha value is -1.02. The van der Waals surface area contributed by atoms with Crippen molar-refractivity contribution >= 4 is 35.6 Å². The van der Waals surface area contributed by atoms with Crippen molar-refractivity contribution in [3.8, 4) is 0 Å². The molecule has 2 aliphatic rings. The lowest BCUT2D eigenvalue weighted by molar-refractivity contribution is 0.232. The third-order valence-electron chi connectivity index (χ3n) is 5.43. The Kier molecular flexibility index (Phi) is 10.3. The first kappa shape index (κ1) is 22.3. The minimum absolute atomic E-state index is 0. The van der Waals surface area contributed by atoms with E-state index in [4.69, 9.17) is 4.99 Å². The van der Waals surface area contributed by atoms with Gasteiger partial charge >= 0.3 is 0 Å². The predicted molar refractivity (Wildman–Crippen MR) is 126 cm³/mol. The maximum absolute atomic E-state index is 4.86. The molecule has 0 bridgehead atoms. The molecule has 2 aliphatic heterocycles. The quantitative estimate of drug-likeness (QED) is 0.354. The first-order valence-corrected chi connectivity index (χ1v) is 10.4. The second-order valence-corrected chi connectivity index (χ2v) is 7.48. The summed E-state index contributed by atoms with van der Waals surface area (Å²) in [6, 6.07) is 10.7. The van der Waals surface area contributed by atoms with E-state index in [0.717, 1.165) is 45.2 Å². The molecule has 5 nitrogen and oxygen atoms in total. The molecule has 0 saturated carbocycles. The molecule has 1 aromatic rings. The number of rotatable bonds is 7. The summed E-state index contributed by atoms with van der Waals surface area (Å²) in [5.74, 6) is 1.62. The number of aliphatic imine (C=N–C) groups is 1. The van der Waals surface area contributed by atoms with Crippen LogP contribution < -0.4 is 15.5 Å². The van der Waals surface area contributed by atoms with Crippen molar-refractivity contribution in [3.05, 3.63) is 30.3 Å². The molecule has 27 heavy (non-hydrogen) atoms. The molecular formula is C21H36IN5.